The van der Waals surface area contributed by atoms with Gasteiger partial charge in [-0.05, 0) is 30.2 Å². The summed E-state index contributed by atoms with van der Waals surface area (Å²) in [5.74, 6) is -2.39. The lowest BCUT2D eigenvalue weighted by Crippen LogP contribution is -2.25. The fourth-order valence-electron chi connectivity index (χ4n) is 2.30. The molecular formula is C16H19F2N3O2. The SMILES string of the molecule is CCCc1cc(C(=O)NCc2cc(F)c(OC)c(F)c2)n(C)n1. The van der Waals surface area contributed by atoms with Gasteiger partial charge < -0.3 is 10.1 Å². The molecule has 1 heterocycles. The summed E-state index contributed by atoms with van der Waals surface area (Å²) in [4.78, 5) is 12.2. The van der Waals surface area contributed by atoms with Gasteiger partial charge in [-0.15, -0.1) is 0 Å². The maximum Gasteiger partial charge on any atom is 0.269 e. The van der Waals surface area contributed by atoms with Crippen molar-refractivity contribution >= 4 is 5.91 Å². The molecule has 23 heavy (non-hydrogen) atoms. The Hall–Kier alpha value is -2.44. The van der Waals surface area contributed by atoms with Crippen LogP contribution in [0.5, 0.6) is 5.75 Å². The van der Waals surface area contributed by atoms with Gasteiger partial charge in [0.05, 0.1) is 12.8 Å². The zero-order valence-corrected chi connectivity index (χ0v) is 13.3. The molecule has 124 valence electrons. The van der Waals surface area contributed by atoms with E-state index >= 15 is 0 Å². The Balaban J connectivity index is 2.07. The summed E-state index contributed by atoms with van der Waals surface area (Å²) in [7, 11) is 2.88. The van der Waals surface area contributed by atoms with Crippen LogP contribution in [0.3, 0.4) is 0 Å². The largest absolute Gasteiger partial charge is 0.491 e. The fraction of sp³-hybridized carbons (Fsp3) is 0.375. The van der Waals surface area contributed by atoms with Crippen LogP contribution < -0.4 is 10.1 Å². The number of amides is 1. The Morgan fingerprint density at radius 3 is 2.52 bits per heavy atom. The molecule has 0 unspecified atom stereocenters. The van der Waals surface area contributed by atoms with E-state index in [0.717, 1.165) is 30.7 Å². The molecule has 0 saturated heterocycles. The number of rotatable bonds is 6. The van der Waals surface area contributed by atoms with Gasteiger partial charge in [-0.3, -0.25) is 9.48 Å². The van der Waals surface area contributed by atoms with Gasteiger partial charge in [0.1, 0.15) is 5.69 Å². The number of nitrogens with zero attached hydrogens (tertiary/aromatic N) is 2. The Bertz CT molecular complexity index is 690. The van der Waals surface area contributed by atoms with Crippen molar-refractivity contribution in [2.45, 2.75) is 26.3 Å². The first-order chi connectivity index (χ1) is 11.0. The molecule has 0 aliphatic carbocycles. The maximum atomic E-state index is 13.6. The van der Waals surface area contributed by atoms with E-state index < -0.39 is 17.4 Å². The number of methoxy groups -OCH3 is 1. The highest BCUT2D eigenvalue weighted by Crippen LogP contribution is 2.22. The fourth-order valence-corrected chi connectivity index (χ4v) is 2.30. The predicted octanol–water partition coefficient (Wildman–Crippen LogP) is 2.59. The van der Waals surface area contributed by atoms with Crippen molar-refractivity contribution in [1.29, 1.82) is 0 Å². The Kier molecular flexibility index (Phi) is 5.31. The van der Waals surface area contributed by atoms with Gasteiger partial charge in [-0.2, -0.15) is 5.10 Å². The van der Waals surface area contributed by atoms with E-state index in [1.54, 1.807) is 13.1 Å². The molecular weight excluding hydrogens is 304 g/mol. The number of aromatic nitrogens is 2. The molecule has 5 nitrogen and oxygen atoms in total. The van der Waals surface area contributed by atoms with Crippen molar-refractivity contribution in [2.24, 2.45) is 7.05 Å². The summed E-state index contributed by atoms with van der Waals surface area (Å²) < 4.78 is 33.4. The van der Waals surface area contributed by atoms with Crippen LogP contribution in [0, 0.1) is 11.6 Å². The minimum atomic E-state index is -0.803. The monoisotopic (exact) mass is 323 g/mol. The number of carbonyl (C=O) groups excluding carboxylic acids is 1. The highest BCUT2D eigenvalue weighted by Gasteiger charge is 2.15. The summed E-state index contributed by atoms with van der Waals surface area (Å²) in [5, 5.41) is 6.88. The molecule has 0 aliphatic heterocycles. The molecule has 1 N–H and O–H groups in total. The summed E-state index contributed by atoms with van der Waals surface area (Å²) in [6.07, 6.45) is 1.72. The molecule has 2 aromatic rings. The smallest absolute Gasteiger partial charge is 0.269 e. The normalized spacial score (nSPS) is 10.7. The van der Waals surface area contributed by atoms with Gasteiger partial charge in [0.25, 0.3) is 5.91 Å². The van der Waals surface area contributed by atoms with Gasteiger partial charge in [0.15, 0.2) is 17.4 Å². The van der Waals surface area contributed by atoms with E-state index in [9.17, 15) is 13.6 Å². The predicted molar refractivity (Wildman–Crippen MR) is 81.3 cm³/mol. The van der Waals surface area contributed by atoms with Crippen molar-refractivity contribution in [3.63, 3.8) is 0 Å². The second-order valence-corrected chi connectivity index (χ2v) is 5.17. The Labute approximate surface area is 133 Å². The second-order valence-electron chi connectivity index (χ2n) is 5.17. The van der Waals surface area contributed by atoms with Crippen LogP contribution in [0.1, 0.15) is 35.1 Å². The van der Waals surface area contributed by atoms with E-state index in [1.807, 2.05) is 6.92 Å². The van der Waals surface area contributed by atoms with Crippen LogP contribution in [0.15, 0.2) is 18.2 Å². The van der Waals surface area contributed by atoms with Gasteiger partial charge in [0, 0.05) is 13.6 Å². The first-order valence-corrected chi connectivity index (χ1v) is 7.29. The molecule has 0 radical (unpaired) electrons. The molecule has 1 aromatic carbocycles. The van der Waals surface area contributed by atoms with Gasteiger partial charge in [-0.25, -0.2) is 8.78 Å². The van der Waals surface area contributed by atoms with E-state index in [2.05, 4.69) is 15.2 Å². The number of ether oxygens (including phenoxy) is 1. The Morgan fingerprint density at radius 2 is 1.96 bits per heavy atom. The molecule has 2 rings (SSSR count). The number of nitrogens with one attached hydrogen (secondary N) is 1. The third-order valence-corrected chi connectivity index (χ3v) is 3.38. The number of hydrogen-bond donors (Lipinski definition) is 1. The molecule has 0 spiro atoms. The molecule has 0 bridgehead atoms. The van der Waals surface area contributed by atoms with Crippen LogP contribution in [0.2, 0.25) is 0 Å². The van der Waals surface area contributed by atoms with Crippen LogP contribution >= 0.6 is 0 Å². The van der Waals surface area contributed by atoms with Gasteiger partial charge in [0.2, 0.25) is 0 Å². The topological polar surface area (TPSA) is 56.1 Å². The van der Waals surface area contributed by atoms with Gasteiger partial charge >= 0.3 is 0 Å². The van der Waals surface area contributed by atoms with E-state index in [1.165, 1.54) is 11.8 Å². The minimum Gasteiger partial charge on any atom is -0.491 e. The van der Waals surface area contributed by atoms with Crippen LogP contribution in [-0.4, -0.2) is 22.8 Å². The number of halogens is 2. The minimum absolute atomic E-state index is 0.00492. The number of benzene rings is 1. The van der Waals surface area contributed by atoms with Crippen LogP contribution in [0.4, 0.5) is 8.78 Å². The molecule has 0 atom stereocenters. The van der Waals surface area contributed by atoms with Crippen molar-refractivity contribution in [3.05, 3.63) is 46.8 Å². The standard InChI is InChI=1S/C16H19F2N3O2/c1-4-5-11-8-14(21(2)20-11)16(22)19-9-10-6-12(17)15(23-3)13(18)7-10/h6-8H,4-5,9H2,1-3H3,(H,19,22). The first-order valence-electron chi connectivity index (χ1n) is 7.29. The molecule has 0 fully saturated rings. The van der Waals surface area contributed by atoms with Crippen molar-refractivity contribution in [2.75, 3.05) is 7.11 Å². The lowest BCUT2D eigenvalue weighted by molar-refractivity contribution is 0.0941. The van der Waals surface area contributed by atoms with Crippen molar-refractivity contribution in [3.8, 4) is 5.75 Å². The van der Waals surface area contributed by atoms with Crippen molar-refractivity contribution < 1.29 is 18.3 Å². The lowest BCUT2D eigenvalue weighted by Gasteiger charge is -2.08. The maximum absolute atomic E-state index is 13.6. The van der Waals surface area contributed by atoms with Crippen molar-refractivity contribution in [1.82, 2.24) is 15.1 Å². The highest BCUT2D eigenvalue weighted by molar-refractivity contribution is 5.92. The quantitative estimate of drug-likeness (QED) is 0.889. The molecule has 0 saturated carbocycles. The average Bonchev–Trinajstić information content (AvgIpc) is 2.86. The number of hydrogen-bond acceptors (Lipinski definition) is 3. The number of carbonyl (C=O) groups is 1. The zero-order valence-electron chi connectivity index (χ0n) is 13.3. The zero-order chi connectivity index (χ0) is 17.0. The summed E-state index contributed by atoms with van der Waals surface area (Å²) in [6, 6.07) is 3.98. The Morgan fingerprint density at radius 1 is 1.30 bits per heavy atom. The summed E-state index contributed by atoms with van der Waals surface area (Å²) >= 11 is 0. The molecule has 1 aromatic heterocycles. The van der Waals surface area contributed by atoms with Crippen LogP contribution in [0.25, 0.3) is 0 Å². The van der Waals surface area contributed by atoms with E-state index in [0.29, 0.717) is 11.3 Å². The summed E-state index contributed by atoms with van der Waals surface area (Å²) in [5.41, 5.74) is 1.55. The first kappa shape index (κ1) is 16.9. The second kappa shape index (κ2) is 7.21. The van der Waals surface area contributed by atoms with Crippen LogP contribution in [-0.2, 0) is 20.0 Å². The molecule has 7 heteroatoms. The average molecular weight is 323 g/mol. The van der Waals surface area contributed by atoms with Gasteiger partial charge in [-0.1, -0.05) is 13.3 Å². The lowest BCUT2D eigenvalue weighted by atomic mass is 10.2. The van der Waals surface area contributed by atoms with E-state index in [-0.39, 0.29) is 12.5 Å². The summed E-state index contributed by atoms with van der Waals surface area (Å²) in [6.45, 7) is 2.03. The third-order valence-electron chi connectivity index (χ3n) is 3.38. The molecule has 1 amide bonds. The number of aryl methyl sites for hydroxylation is 2. The molecule has 0 aliphatic rings. The highest BCUT2D eigenvalue weighted by atomic mass is 19.1. The third kappa shape index (κ3) is 3.85. The van der Waals surface area contributed by atoms with E-state index in [4.69, 9.17) is 0 Å².